The summed E-state index contributed by atoms with van der Waals surface area (Å²) in [7, 11) is 0. The number of pyridine rings is 1. The van der Waals surface area contributed by atoms with Crippen LogP contribution in [0.3, 0.4) is 0 Å². The number of hydrogen-bond donors (Lipinski definition) is 0. The summed E-state index contributed by atoms with van der Waals surface area (Å²) in [5.74, 6) is -45.2. The Balaban J connectivity index is 0.000000332. The van der Waals surface area contributed by atoms with Crippen molar-refractivity contribution < 1.29 is 70.4 Å². The molecule has 292 valence electrons. The number of rotatable bonds is 8. The van der Waals surface area contributed by atoms with E-state index in [9.17, 15) is 39.5 Å². The van der Waals surface area contributed by atoms with Crippen molar-refractivity contribution in [2.45, 2.75) is 26.2 Å². The molecule has 0 amide bonds. The molecule has 1 nitrogen and oxygen atoms in total. The van der Waals surface area contributed by atoms with Crippen LogP contribution < -0.4 is 21.0 Å². The molecule has 0 N–H and O–H groups in total. The maximum atomic E-state index is 15.3. The van der Waals surface area contributed by atoms with Gasteiger partial charge in [0.05, 0.1) is 0 Å². The highest BCUT2D eigenvalue weighted by molar-refractivity contribution is 7.11. The van der Waals surface area contributed by atoms with Crippen LogP contribution in [0.25, 0.3) is 11.1 Å². The molecule has 6 aromatic rings. The maximum Gasteiger partial charge on any atom is 0.200 e. The predicted octanol–water partition coefficient (Wildman–Crippen LogP) is 9.08. The smallest absolute Gasteiger partial charge is 0.200 e. The second-order valence-electron chi connectivity index (χ2n) is 12.4. The monoisotopic (exact) mass is 801 g/mol. The Morgan fingerprint density at radius 2 is 0.661 bits per heavy atom. The van der Waals surface area contributed by atoms with Crippen molar-refractivity contribution in [2.24, 2.45) is 0 Å². The molecule has 0 bridgehead atoms. The molecule has 0 spiro atoms. The van der Waals surface area contributed by atoms with Gasteiger partial charge >= 0.3 is 0 Å². The Morgan fingerprint density at radius 1 is 0.375 bits per heavy atom. The van der Waals surface area contributed by atoms with Crippen molar-refractivity contribution in [1.82, 2.24) is 0 Å². The van der Waals surface area contributed by atoms with E-state index in [4.69, 9.17) is 0 Å². The Labute approximate surface area is 308 Å². The molecule has 0 aliphatic heterocycles. The van der Waals surface area contributed by atoms with Crippen molar-refractivity contribution in [3.63, 3.8) is 0 Å². The third-order valence-electron chi connectivity index (χ3n) is 9.07. The number of nitrogens with zero attached hydrogens (tertiary/aromatic N) is 1. The summed E-state index contributed by atoms with van der Waals surface area (Å²) in [6.45, 7) is 3.28. The van der Waals surface area contributed by atoms with Crippen molar-refractivity contribution in [3.05, 3.63) is 178 Å². The first-order valence-corrected chi connectivity index (χ1v) is 16.3. The van der Waals surface area contributed by atoms with E-state index in [1.807, 2.05) is 6.07 Å². The van der Waals surface area contributed by atoms with Crippen LogP contribution in [0.4, 0.5) is 65.9 Å². The lowest BCUT2D eigenvalue weighted by Crippen LogP contribution is -2.74. The third kappa shape index (κ3) is 7.21. The quantitative estimate of drug-likeness (QED) is 0.0476. The van der Waals surface area contributed by atoms with Crippen LogP contribution in [0, 0.1) is 87.3 Å². The SMILES string of the molecule is CCC[n+]1ccc(-c2ccccc2)cc1.Fc1c(F)c(F)c([B-](Cc2ccccc2)(c2c(F)c(F)c(F)c(F)c2F)c2c(F)c(F)c(F)c(F)c2F)c(F)c1F. The average Bonchev–Trinajstić information content (AvgIpc) is 3.20. The second-order valence-corrected chi connectivity index (χ2v) is 12.4. The summed E-state index contributed by atoms with van der Waals surface area (Å²) >= 11 is 0. The molecule has 0 aliphatic carbocycles. The van der Waals surface area contributed by atoms with Crippen molar-refractivity contribution in [2.75, 3.05) is 0 Å². The van der Waals surface area contributed by atoms with Gasteiger partial charge in [0.2, 0.25) is 0 Å². The van der Waals surface area contributed by atoms with Gasteiger partial charge in [-0.15, -0.1) is 22.7 Å². The van der Waals surface area contributed by atoms with Gasteiger partial charge in [-0.25, -0.2) is 70.4 Å². The first kappa shape index (κ1) is 41.4. The zero-order valence-electron chi connectivity index (χ0n) is 28.4. The summed E-state index contributed by atoms with van der Waals surface area (Å²) in [5, 5.41) is 0. The lowest BCUT2D eigenvalue weighted by atomic mass is 9.13. The van der Waals surface area contributed by atoms with Crippen LogP contribution in [-0.4, -0.2) is 6.15 Å². The lowest BCUT2D eigenvalue weighted by Gasteiger charge is -2.44. The van der Waals surface area contributed by atoms with Crippen molar-refractivity contribution >= 4 is 22.5 Å². The Hall–Kier alpha value is -5.74. The lowest BCUT2D eigenvalue weighted by molar-refractivity contribution is -0.696. The van der Waals surface area contributed by atoms with E-state index in [1.165, 1.54) is 23.6 Å². The summed E-state index contributed by atoms with van der Waals surface area (Å²) in [6, 6.07) is 19.7. The van der Waals surface area contributed by atoms with Crippen molar-refractivity contribution in [1.29, 1.82) is 0 Å². The zero-order valence-corrected chi connectivity index (χ0v) is 28.4. The van der Waals surface area contributed by atoms with E-state index in [-0.39, 0.29) is 0 Å². The van der Waals surface area contributed by atoms with E-state index < -0.39 is 122 Å². The van der Waals surface area contributed by atoms with Gasteiger partial charge < -0.3 is 0 Å². The number of aryl methyl sites for hydroxylation is 1. The molecule has 17 heteroatoms. The molecule has 0 atom stereocenters. The molecule has 0 radical (unpaired) electrons. The zero-order chi connectivity index (χ0) is 41.2. The molecule has 56 heavy (non-hydrogen) atoms. The highest BCUT2D eigenvalue weighted by atomic mass is 19.2. The molecule has 0 aliphatic rings. The van der Waals surface area contributed by atoms with Crippen molar-refractivity contribution in [3.8, 4) is 11.1 Å². The standard InChI is InChI=1S/C25H7BF15.C14H16N/c27-11-8(12(28)18(34)23(39)17(11)33)26(6-7-4-2-1-3-5-7,9-13(29)19(35)24(40)20(36)14(9)30)10-15(31)21(37)25(41)22(38)16(10)32;1-2-10-15-11-8-14(9-12-15)13-6-4-3-5-7-13/h1-5H,6H2;3-9,11-12H,2,10H2,1H3/q-1;+1. The molecule has 0 unspecified atom stereocenters. The predicted molar refractivity (Wildman–Crippen MR) is 176 cm³/mol. The van der Waals surface area contributed by atoms with Crippen LogP contribution in [0.5, 0.6) is 0 Å². The minimum absolute atomic E-state index is 0.607. The molecule has 0 saturated heterocycles. The highest BCUT2D eigenvalue weighted by Crippen LogP contribution is 2.30. The van der Waals surface area contributed by atoms with E-state index >= 15 is 26.3 Å². The van der Waals surface area contributed by atoms with Crippen LogP contribution in [0.2, 0.25) is 0 Å². The van der Waals surface area contributed by atoms with Gasteiger partial charge in [0.1, 0.15) is 47.6 Å². The second kappa shape index (κ2) is 16.6. The van der Waals surface area contributed by atoms with Crippen LogP contribution in [0.15, 0.2) is 85.2 Å². The minimum Gasteiger partial charge on any atom is -0.207 e. The molecule has 6 rings (SSSR count). The Kier molecular flexibility index (Phi) is 12.2. The third-order valence-corrected chi connectivity index (χ3v) is 9.07. The normalized spacial score (nSPS) is 11.4. The van der Waals surface area contributed by atoms with Gasteiger partial charge in [-0.1, -0.05) is 73.2 Å². The Bertz CT molecular complexity index is 2150. The van der Waals surface area contributed by atoms with E-state index in [1.54, 1.807) is 0 Å². The first-order chi connectivity index (χ1) is 26.5. The molecule has 1 aromatic heterocycles. The topological polar surface area (TPSA) is 3.88 Å². The summed E-state index contributed by atoms with van der Waals surface area (Å²) in [4.78, 5) is 0. The van der Waals surface area contributed by atoms with E-state index in [0.717, 1.165) is 30.8 Å². The van der Waals surface area contributed by atoms with E-state index in [0.29, 0.717) is 0 Å². The maximum absolute atomic E-state index is 15.3. The number of benzene rings is 5. The molecular formula is C39H23BF15N. The fourth-order valence-electron chi connectivity index (χ4n) is 6.56. The van der Waals surface area contributed by atoms with Gasteiger partial charge in [-0.05, 0) is 11.1 Å². The fourth-order valence-corrected chi connectivity index (χ4v) is 6.56. The molecule has 0 saturated carbocycles. The number of halogens is 15. The van der Waals surface area contributed by atoms with Crippen LogP contribution in [0.1, 0.15) is 18.9 Å². The van der Waals surface area contributed by atoms with E-state index in [2.05, 4.69) is 60.3 Å². The highest BCUT2D eigenvalue weighted by Gasteiger charge is 2.48. The fraction of sp³-hybridized carbons (Fsp3) is 0.103. The summed E-state index contributed by atoms with van der Waals surface area (Å²) < 4.78 is 223. The summed E-state index contributed by atoms with van der Waals surface area (Å²) in [6.07, 6.45) is -1.95. The molecule has 1 heterocycles. The minimum atomic E-state index is -5.59. The molecule has 5 aromatic carbocycles. The molecular weight excluding hydrogens is 778 g/mol. The molecule has 0 fully saturated rings. The largest absolute Gasteiger partial charge is 0.207 e. The van der Waals surface area contributed by atoms with Gasteiger partial charge in [0, 0.05) is 18.6 Å². The number of aromatic nitrogens is 1. The first-order valence-electron chi connectivity index (χ1n) is 16.3. The van der Waals surface area contributed by atoms with Gasteiger partial charge in [0.25, 0.3) is 0 Å². The van der Waals surface area contributed by atoms with Crippen LogP contribution in [-0.2, 0) is 12.9 Å². The number of hydrogen-bond acceptors (Lipinski definition) is 0. The van der Waals surface area contributed by atoms with Gasteiger partial charge in [-0.2, -0.15) is 0 Å². The summed E-state index contributed by atoms with van der Waals surface area (Å²) in [5.41, 5.74) is -5.93. The average molecular weight is 801 g/mol. The van der Waals surface area contributed by atoms with Gasteiger partial charge in [0.15, 0.2) is 64.7 Å². The Morgan fingerprint density at radius 3 is 0.982 bits per heavy atom. The van der Waals surface area contributed by atoms with Gasteiger partial charge in [-0.3, -0.25) is 0 Å². The van der Waals surface area contributed by atoms with Crippen LogP contribution >= 0.6 is 0 Å².